The van der Waals surface area contributed by atoms with E-state index in [9.17, 15) is 13.2 Å². The first kappa shape index (κ1) is 18.8. The number of carbonyl (C=O) groups excluding carboxylic acids is 1. The fraction of sp³-hybridized carbons (Fsp3) is 0.158. The van der Waals surface area contributed by atoms with E-state index in [-0.39, 0.29) is 18.1 Å². The maximum Gasteiger partial charge on any atom is 0.224 e. The molecule has 3 aromatic rings. The number of primary sulfonamides is 1. The molecule has 0 unspecified atom stereocenters. The standard InChI is InChI=1S/C19H19N3O4S/c20-27(24,25)13-14-6-8-16(9-7-14)22-18(23)10-11-19-21-12-17(26-19)15-4-2-1-3-5-15/h1-9,12H,10-11,13H2,(H,22,23)(H2,20,24,25). The number of amides is 1. The van der Waals surface area contributed by atoms with Gasteiger partial charge in [0.15, 0.2) is 11.7 Å². The van der Waals surface area contributed by atoms with Crippen molar-refractivity contribution in [1.82, 2.24) is 4.98 Å². The molecule has 0 saturated carbocycles. The average Bonchev–Trinajstić information content (AvgIpc) is 3.10. The monoisotopic (exact) mass is 385 g/mol. The molecular formula is C19H19N3O4S. The third-order valence-electron chi connectivity index (χ3n) is 3.78. The first-order valence-electron chi connectivity index (χ1n) is 8.28. The van der Waals surface area contributed by atoms with Crippen LogP contribution in [0.5, 0.6) is 0 Å². The lowest BCUT2D eigenvalue weighted by Gasteiger charge is -2.05. The van der Waals surface area contributed by atoms with Crippen molar-refractivity contribution in [3.63, 3.8) is 0 Å². The molecule has 0 saturated heterocycles. The lowest BCUT2D eigenvalue weighted by molar-refractivity contribution is -0.116. The maximum atomic E-state index is 12.1. The van der Waals surface area contributed by atoms with Crippen LogP contribution >= 0.6 is 0 Å². The van der Waals surface area contributed by atoms with Crippen LogP contribution in [-0.4, -0.2) is 19.3 Å². The molecule has 7 nitrogen and oxygen atoms in total. The summed E-state index contributed by atoms with van der Waals surface area (Å²) in [6, 6.07) is 16.1. The molecule has 27 heavy (non-hydrogen) atoms. The molecule has 2 aromatic carbocycles. The van der Waals surface area contributed by atoms with Crippen LogP contribution < -0.4 is 10.5 Å². The fourth-order valence-electron chi connectivity index (χ4n) is 2.52. The summed E-state index contributed by atoms with van der Waals surface area (Å²) in [4.78, 5) is 16.3. The third-order valence-corrected chi connectivity index (χ3v) is 4.52. The molecule has 3 rings (SSSR count). The molecule has 140 valence electrons. The van der Waals surface area contributed by atoms with Gasteiger partial charge in [0.25, 0.3) is 0 Å². The second-order valence-corrected chi connectivity index (χ2v) is 7.65. The van der Waals surface area contributed by atoms with E-state index in [4.69, 9.17) is 9.56 Å². The highest BCUT2D eigenvalue weighted by Gasteiger charge is 2.10. The van der Waals surface area contributed by atoms with E-state index in [0.717, 1.165) is 5.56 Å². The highest BCUT2D eigenvalue weighted by Crippen LogP contribution is 2.20. The summed E-state index contributed by atoms with van der Waals surface area (Å²) in [7, 11) is -3.58. The molecule has 0 fully saturated rings. The summed E-state index contributed by atoms with van der Waals surface area (Å²) in [6.45, 7) is 0. The van der Waals surface area contributed by atoms with Crippen LogP contribution in [0.25, 0.3) is 11.3 Å². The van der Waals surface area contributed by atoms with Gasteiger partial charge in [-0.1, -0.05) is 42.5 Å². The molecule has 8 heteroatoms. The second kappa shape index (κ2) is 8.15. The zero-order chi connectivity index (χ0) is 19.3. The highest BCUT2D eigenvalue weighted by atomic mass is 32.2. The van der Waals surface area contributed by atoms with Crippen molar-refractivity contribution in [2.45, 2.75) is 18.6 Å². The fourth-order valence-corrected chi connectivity index (χ4v) is 3.18. The Bertz CT molecular complexity index is 1010. The normalized spacial score (nSPS) is 11.3. The van der Waals surface area contributed by atoms with E-state index in [1.54, 1.807) is 30.5 Å². The molecule has 0 atom stereocenters. The van der Waals surface area contributed by atoms with Gasteiger partial charge in [-0.25, -0.2) is 18.5 Å². The number of oxazole rings is 1. The molecule has 0 aliphatic heterocycles. The topological polar surface area (TPSA) is 115 Å². The van der Waals surface area contributed by atoms with Crippen LogP contribution in [-0.2, 0) is 27.0 Å². The minimum atomic E-state index is -3.58. The van der Waals surface area contributed by atoms with Crippen LogP contribution in [0.2, 0.25) is 0 Å². The predicted molar refractivity (Wildman–Crippen MR) is 102 cm³/mol. The lowest BCUT2D eigenvalue weighted by atomic mass is 10.2. The summed E-state index contributed by atoms with van der Waals surface area (Å²) in [5, 5.41) is 7.76. The number of nitrogens with one attached hydrogen (secondary N) is 1. The van der Waals surface area contributed by atoms with Gasteiger partial charge in [0, 0.05) is 24.1 Å². The zero-order valence-corrected chi connectivity index (χ0v) is 15.3. The Labute approximate surface area is 157 Å². The Balaban J connectivity index is 1.52. The van der Waals surface area contributed by atoms with Gasteiger partial charge in [0.1, 0.15) is 0 Å². The number of anilines is 1. The molecule has 0 radical (unpaired) electrons. The third kappa shape index (κ3) is 5.77. The second-order valence-electron chi connectivity index (χ2n) is 6.04. The van der Waals surface area contributed by atoms with E-state index in [1.165, 1.54) is 0 Å². The Hall–Kier alpha value is -2.97. The van der Waals surface area contributed by atoms with E-state index in [1.807, 2.05) is 30.3 Å². The number of hydrogen-bond acceptors (Lipinski definition) is 5. The Kier molecular flexibility index (Phi) is 5.68. The van der Waals surface area contributed by atoms with Crippen molar-refractivity contribution in [3.8, 4) is 11.3 Å². The predicted octanol–water partition coefficient (Wildman–Crippen LogP) is 2.70. The van der Waals surface area contributed by atoms with Gasteiger partial charge in [-0.2, -0.15) is 0 Å². The summed E-state index contributed by atoms with van der Waals surface area (Å²) in [5.74, 6) is 0.729. The Morgan fingerprint density at radius 3 is 2.44 bits per heavy atom. The van der Waals surface area contributed by atoms with Gasteiger partial charge >= 0.3 is 0 Å². The molecule has 1 heterocycles. The molecule has 3 N–H and O–H groups in total. The van der Waals surface area contributed by atoms with Crippen LogP contribution in [0.15, 0.2) is 65.2 Å². The maximum absolute atomic E-state index is 12.1. The van der Waals surface area contributed by atoms with Gasteiger partial charge in [-0.3, -0.25) is 4.79 Å². The highest BCUT2D eigenvalue weighted by molar-refractivity contribution is 7.88. The van der Waals surface area contributed by atoms with Gasteiger partial charge in [-0.15, -0.1) is 0 Å². The average molecular weight is 385 g/mol. The molecule has 0 aliphatic carbocycles. The molecule has 0 spiro atoms. The molecule has 0 bridgehead atoms. The molecular weight excluding hydrogens is 366 g/mol. The Morgan fingerprint density at radius 1 is 1.07 bits per heavy atom. The number of hydrogen-bond donors (Lipinski definition) is 2. The molecule has 1 amide bonds. The number of carbonyl (C=O) groups is 1. The number of aromatic nitrogens is 1. The largest absolute Gasteiger partial charge is 0.441 e. The minimum absolute atomic E-state index is 0.186. The first-order chi connectivity index (χ1) is 12.9. The molecule has 0 aliphatic rings. The van der Waals surface area contributed by atoms with Crippen molar-refractivity contribution in [1.29, 1.82) is 0 Å². The lowest BCUT2D eigenvalue weighted by Crippen LogP contribution is -2.15. The van der Waals surface area contributed by atoms with Crippen molar-refractivity contribution < 1.29 is 17.6 Å². The quantitative estimate of drug-likeness (QED) is 0.649. The SMILES string of the molecule is NS(=O)(=O)Cc1ccc(NC(=O)CCc2ncc(-c3ccccc3)o2)cc1. The number of benzene rings is 2. The van der Waals surface area contributed by atoms with Crippen LogP contribution in [0.1, 0.15) is 17.9 Å². The van der Waals surface area contributed by atoms with E-state index in [2.05, 4.69) is 10.3 Å². The van der Waals surface area contributed by atoms with Crippen LogP contribution in [0, 0.1) is 0 Å². The van der Waals surface area contributed by atoms with Gasteiger partial charge in [0.05, 0.1) is 11.9 Å². The number of nitrogens with two attached hydrogens (primary N) is 1. The molecule has 1 aromatic heterocycles. The van der Waals surface area contributed by atoms with Crippen molar-refractivity contribution in [2.24, 2.45) is 5.14 Å². The smallest absolute Gasteiger partial charge is 0.224 e. The van der Waals surface area contributed by atoms with Crippen molar-refractivity contribution in [3.05, 3.63) is 72.2 Å². The number of nitrogens with zero attached hydrogens (tertiary/aromatic N) is 1. The summed E-state index contributed by atoms with van der Waals surface area (Å²) < 4.78 is 27.8. The van der Waals surface area contributed by atoms with E-state index < -0.39 is 10.0 Å². The summed E-state index contributed by atoms with van der Waals surface area (Å²) in [5.41, 5.74) is 2.07. The van der Waals surface area contributed by atoms with Crippen LogP contribution in [0.3, 0.4) is 0 Å². The van der Waals surface area contributed by atoms with E-state index >= 15 is 0 Å². The van der Waals surface area contributed by atoms with Gasteiger partial charge in [-0.05, 0) is 17.7 Å². The van der Waals surface area contributed by atoms with E-state index in [0.29, 0.717) is 29.3 Å². The summed E-state index contributed by atoms with van der Waals surface area (Å²) >= 11 is 0. The minimum Gasteiger partial charge on any atom is -0.441 e. The van der Waals surface area contributed by atoms with Gasteiger partial charge in [0.2, 0.25) is 15.9 Å². The van der Waals surface area contributed by atoms with Gasteiger partial charge < -0.3 is 9.73 Å². The number of rotatable bonds is 7. The first-order valence-corrected chi connectivity index (χ1v) is 10.00. The van der Waals surface area contributed by atoms with Crippen LogP contribution in [0.4, 0.5) is 5.69 Å². The Morgan fingerprint density at radius 2 is 1.78 bits per heavy atom. The number of sulfonamides is 1. The summed E-state index contributed by atoms with van der Waals surface area (Å²) in [6.07, 6.45) is 2.24. The van der Waals surface area contributed by atoms with Crippen molar-refractivity contribution >= 4 is 21.6 Å². The zero-order valence-electron chi connectivity index (χ0n) is 14.5. The van der Waals surface area contributed by atoms with Crippen molar-refractivity contribution in [2.75, 3.05) is 5.32 Å². The number of aryl methyl sites for hydroxylation is 1.